The van der Waals surface area contributed by atoms with E-state index in [-0.39, 0.29) is 12.1 Å². The van der Waals surface area contributed by atoms with Crippen LogP contribution in [0.3, 0.4) is 0 Å². The lowest BCUT2D eigenvalue weighted by Crippen LogP contribution is -2.30. The fraction of sp³-hybridized carbons (Fsp3) is 0.500. The van der Waals surface area contributed by atoms with Gasteiger partial charge in [-0.1, -0.05) is 19.1 Å². The van der Waals surface area contributed by atoms with Crippen LogP contribution in [0.25, 0.3) is 0 Å². The third-order valence-corrected chi connectivity index (χ3v) is 3.68. The monoisotopic (exact) mass is 262 g/mol. The molecule has 0 aromatic heterocycles. The molecule has 0 atom stereocenters. The molecule has 0 heterocycles. The lowest BCUT2D eigenvalue weighted by atomic mass is 9.80. The Labute approximate surface area is 113 Å². The minimum absolute atomic E-state index is 0.0202. The summed E-state index contributed by atoms with van der Waals surface area (Å²) in [4.78, 5) is 11.9. The van der Waals surface area contributed by atoms with Crippen LogP contribution in [0.1, 0.15) is 43.0 Å². The van der Waals surface area contributed by atoms with Gasteiger partial charge in [0.1, 0.15) is 6.10 Å². The van der Waals surface area contributed by atoms with Crippen molar-refractivity contribution >= 4 is 18.6 Å². The number of benzene rings is 1. The van der Waals surface area contributed by atoms with Gasteiger partial charge in [-0.15, -0.1) is 0 Å². The maximum absolute atomic E-state index is 11.9. The van der Waals surface area contributed by atoms with Crippen molar-refractivity contribution in [1.82, 2.24) is 0 Å². The summed E-state index contributed by atoms with van der Waals surface area (Å²) in [5.41, 5.74) is 0.811. The average molecular weight is 262 g/mol. The predicted octanol–water partition coefficient (Wildman–Crippen LogP) is 1.10. The summed E-state index contributed by atoms with van der Waals surface area (Å²) in [6, 6.07) is 6.15. The van der Waals surface area contributed by atoms with Gasteiger partial charge >= 0.3 is 13.1 Å². The van der Waals surface area contributed by atoms with Crippen molar-refractivity contribution in [2.75, 3.05) is 0 Å². The zero-order chi connectivity index (χ0) is 13.8. The van der Waals surface area contributed by atoms with Gasteiger partial charge < -0.3 is 14.8 Å². The Hall–Kier alpha value is -1.33. The maximum Gasteiger partial charge on any atom is 0.488 e. The summed E-state index contributed by atoms with van der Waals surface area (Å²) in [6.07, 6.45) is 4.09. The molecule has 4 nitrogen and oxygen atoms in total. The first kappa shape index (κ1) is 14.1. The lowest BCUT2D eigenvalue weighted by molar-refractivity contribution is 0.0174. The van der Waals surface area contributed by atoms with E-state index in [9.17, 15) is 4.79 Å². The van der Waals surface area contributed by atoms with Crippen molar-refractivity contribution in [3.63, 3.8) is 0 Å². The molecule has 0 saturated heterocycles. The topological polar surface area (TPSA) is 66.8 Å². The Morgan fingerprint density at radius 3 is 2.26 bits per heavy atom. The summed E-state index contributed by atoms with van der Waals surface area (Å²) < 4.78 is 5.46. The molecule has 19 heavy (non-hydrogen) atoms. The van der Waals surface area contributed by atoms with Crippen molar-refractivity contribution < 1.29 is 19.6 Å². The summed E-state index contributed by atoms with van der Waals surface area (Å²) in [5, 5.41) is 18.0. The zero-order valence-electron chi connectivity index (χ0n) is 11.1. The molecule has 102 valence electrons. The molecule has 5 heteroatoms. The fourth-order valence-corrected chi connectivity index (χ4v) is 2.36. The van der Waals surface area contributed by atoms with Crippen molar-refractivity contribution in [3.05, 3.63) is 29.8 Å². The number of carbonyl (C=O) groups excluding carboxylic acids is 1. The largest absolute Gasteiger partial charge is 0.488 e. The summed E-state index contributed by atoms with van der Waals surface area (Å²) in [7, 11) is -1.51. The quantitative estimate of drug-likeness (QED) is 0.632. The molecule has 0 bridgehead atoms. The Balaban J connectivity index is 1.92. The SMILES string of the molecule is CC1CCC(OC(=O)c2ccc(B(O)O)cc2)CC1. The predicted molar refractivity (Wildman–Crippen MR) is 73.1 cm³/mol. The van der Waals surface area contributed by atoms with Gasteiger partial charge in [0.2, 0.25) is 0 Å². The highest BCUT2D eigenvalue weighted by atomic mass is 16.5. The van der Waals surface area contributed by atoms with Crippen LogP contribution in [0.2, 0.25) is 0 Å². The van der Waals surface area contributed by atoms with Gasteiger partial charge in [-0.05, 0) is 49.2 Å². The van der Waals surface area contributed by atoms with Crippen molar-refractivity contribution in [3.8, 4) is 0 Å². The average Bonchev–Trinajstić information content (AvgIpc) is 2.41. The first-order chi connectivity index (χ1) is 9.06. The first-order valence-corrected chi connectivity index (χ1v) is 6.73. The third kappa shape index (κ3) is 3.82. The standard InChI is InChI=1S/C14H19BO4/c1-10-2-8-13(9-3-10)19-14(16)11-4-6-12(7-5-11)15(17)18/h4-7,10,13,17-18H,2-3,8-9H2,1H3. The van der Waals surface area contributed by atoms with E-state index in [2.05, 4.69) is 6.92 Å². The van der Waals surface area contributed by atoms with Crippen LogP contribution in [0, 0.1) is 5.92 Å². The van der Waals surface area contributed by atoms with Gasteiger partial charge in [0, 0.05) is 0 Å². The summed E-state index contributed by atoms with van der Waals surface area (Å²) >= 11 is 0. The van der Waals surface area contributed by atoms with Crippen LogP contribution in [-0.2, 0) is 4.74 Å². The van der Waals surface area contributed by atoms with E-state index in [1.807, 2.05) is 0 Å². The van der Waals surface area contributed by atoms with E-state index in [1.54, 1.807) is 12.1 Å². The molecule has 1 aliphatic rings. The summed E-state index contributed by atoms with van der Waals surface area (Å²) in [5.74, 6) is 0.388. The normalized spacial score (nSPS) is 22.9. The number of esters is 1. The number of hydrogen-bond acceptors (Lipinski definition) is 4. The highest BCUT2D eigenvalue weighted by Gasteiger charge is 2.22. The maximum atomic E-state index is 11.9. The molecule has 0 radical (unpaired) electrons. The minimum Gasteiger partial charge on any atom is -0.459 e. The van der Waals surface area contributed by atoms with Crippen LogP contribution in [0.15, 0.2) is 24.3 Å². The third-order valence-electron chi connectivity index (χ3n) is 3.68. The second kappa shape index (κ2) is 6.22. The molecule has 0 unspecified atom stereocenters. The Morgan fingerprint density at radius 2 is 1.74 bits per heavy atom. The zero-order valence-corrected chi connectivity index (χ0v) is 11.1. The number of ether oxygens (including phenoxy) is 1. The van der Waals surface area contributed by atoms with Crippen LogP contribution in [-0.4, -0.2) is 29.2 Å². The van der Waals surface area contributed by atoms with E-state index in [1.165, 1.54) is 12.1 Å². The molecular formula is C14H19BO4. The van der Waals surface area contributed by atoms with Crippen molar-refractivity contribution in [2.45, 2.75) is 38.7 Å². The van der Waals surface area contributed by atoms with Gasteiger partial charge in [0.25, 0.3) is 0 Å². The Kier molecular flexibility index (Phi) is 4.61. The first-order valence-electron chi connectivity index (χ1n) is 6.73. The molecule has 0 spiro atoms. The second-order valence-electron chi connectivity index (χ2n) is 5.28. The highest BCUT2D eigenvalue weighted by Crippen LogP contribution is 2.26. The number of hydrogen-bond donors (Lipinski definition) is 2. The Morgan fingerprint density at radius 1 is 1.16 bits per heavy atom. The minimum atomic E-state index is -1.51. The lowest BCUT2D eigenvalue weighted by Gasteiger charge is -2.26. The van der Waals surface area contributed by atoms with Crippen molar-refractivity contribution in [1.29, 1.82) is 0 Å². The van der Waals surface area contributed by atoms with Gasteiger partial charge in [0.05, 0.1) is 5.56 Å². The molecule has 1 fully saturated rings. The van der Waals surface area contributed by atoms with Gasteiger partial charge in [0.15, 0.2) is 0 Å². The van der Waals surface area contributed by atoms with Gasteiger partial charge in [-0.2, -0.15) is 0 Å². The van der Waals surface area contributed by atoms with E-state index in [0.29, 0.717) is 11.0 Å². The molecule has 2 rings (SSSR count). The van der Waals surface area contributed by atoms with Crippen LogP contribution in [0.5, 0.6) is 0 Å². The van der Waals surface area contributed by atoms with E-state index >= 15 is 0 Å². The fourth-order valence-electron chi connectivity index (χ4n) is 2.36. The summed E-state index contributed by atoms with van der Waals surface area (Å²) in [6.45, 7) is 2.22. The van der Waals surface area contributed by atoms with E-state index in [4.69, 9.17) is 14.8 Å². The highest BCUT2D eigenvalue weighted by molar-refractivity contribution is 6.58. The van der Waals surface area contributed by atoms with Crippen molar-refractivity contribution in [2.24, 2.45) is 5.92 Å². The van der Waals surface area contributed by atoms with E-state index < -0.39 is 7.12 Å². The van der Waals surface area contributed by atoms with Crippen LogP contribution < -0.4 is 5.46 Å². The smallest absolute Gasteiger partial charge is 0.459 e. The molecule has 1 aromatic carbocycles. The van der Waals surface area contributed by atoms with Gasteiger partial charge in [-0.3, -0.25) is 0 Å². The molecule has 1 aliphatic carbocycles. The Bertz CT molecular complexity index is 422. The van der Waals surface area contributed by atoms with Gasteiger partial charge in [-0.25, -0.2) is 4.79 Å². The molecule has 1 saturated carbocycles. The molecule has 1 aromatic rings. The molecule has 0 aliphatic heterocycles. The van der Waals surface area contributed by atoms with E-state index in [0.717, 1.165) is 31.6 Å². The number of carbonyl (C=O) groups is 1. The van der Waals surface area contributed by atoms with Crippen LogP contribution >= 0.6 is 0 Å². The molecule has 0 amide bonds. The molecular weight excluding hydrogens is 243 g/mol. The second-order valence-corrected chi connectivity index (χ2v) is 5.28. The number of rotatable bonds is 3. The van der Waals surface area contributed by atoms with Crippen LogP contribution in [0.4, 0.5) is 0 Å². The molecule has 2 N–H and O–H groups in total.